The highest BCUT2D eigenvalue weighted by atomic mass is 35.5. The normalized spacial score (nSPS) is 13.4. The average molecular weight is 264 g/mol. The summed E-state index contributed by atoms with van der Waals surface area (Å²) in [5, 5.41) is 9.13. The molecule has 0 bridgehead atoms. The molecule has 1 aromatic carbocycles. The standard InChI is InChI=1S/C9H10ClNO4S/c1-16(14,15)11-8(9(12)13)6-4-2-3-5-7(6)10/h2-5,8,11H,1H3,(H,12,13). The van der Waals surface area contributed by atoms with E-state index < -0.39 is 22.0 Å². The molecule has 0 aromatic heterocycles. The minimum atomic E-state index is -3.62. The Kier molecular flexibility index (Phi) is 3.90. The lowest BCUT2D eigenvalue weighted by Gasteiger charge is -2.14. The Labute approximate surface area is 98.1 Å². The van der Waals surface area contributed by atoms with Crippen LogP contribution in [0, 0.1) is 0 Å². The number of aliphatic carboxylic acids is 1. The molecular formula is C9H10ClNO4S. The average Bonchev–Trinajstić information content (AvgIpc) is 2.13. The van der Waals surface area contributed by atoms with E-state index in [1.807, 2.05) is 4.72 Å². The summed E-state index contributed by atoms with van der Waals surface area (Å²) in [6.45, 7) is 0. The maximum Gasteiger partial charge on any atom is 0.326 e. The summed E-state index contributed by atoms with van der Waals surface area (Å²) in [6, 6.07) is 4.80. The molecule has 0 aliphatic heterocycles. The van der Waals surface area contributed by atoms with Crippen LogP contribution < -0.4 is 4.72 Å². The summed E-state index contributed by atoms with van der Waals surface area (Å²) >= 11 is 5.79. The molecule has 1 rings (SSSR count). The molecule has 1 aromatic rings. The lowest BCUT2D eigenvalue weighted by Crippen LogP contribution is -2.33. The minimum Gasteiger partial charge on any atom is -0.480 e. The number of sulfonamides is 1. The van der Waals surface area contributed by atoms with E-state index in [-0.39, 0.29) is 10.6 Å². The van der Waals surface area contributed by atoms with Crippen LogP contribution >= 0.6 is 11.6 Å². The number of hydrogen-bond acceptors (Lipinski definition) is 3. The third-order valence-electron chi connectivity index (χ3n) is 1.80. The molecule has 0 saturated carbocycles. The van der Waals surface area contributed by atoms with E-state index in [2.05, 4.69) is 0 Å². The Morgan fingerprint density at radius 2 is 2.00 bits per heavy atom. The zero-order valence-corrected chi connectivity index (χ0v) is 9.92. The molecule has 0 aliphatic rings. The lowest BCUT2D eigenvalue weighted by molar-refractivity contribution is -0.139. The zero-order chi connectivity index (χ0) is 12.3. The number of benzene rings is 1. The van der Waals surface area contributed by atoms with E-state index in [0.29, 0.717) is 0 Å². The fourth-order valence-corrected chi connectivity index (χ4v) is 2.07. The topological polar surface area (TPSA) is 83.5 Å². The van der Waals surface area contributed by atoms with Gasteiger partial charge in [-0.3, -0.25) is 4.79 Å². The molecule has 0 fully saturated rings. The first-order valence-electron chi connectivity index (χ1n) is 4.26. The van der Waals surface area contributed by atoms with Gasteiger partial charge in [-0.25, -0.2) is 8.42 Å². The van der Waals surface area contributed by atoms with Crippen LogP contribution in [0.4, 0.5) is 0 Å². The third kappa shape index (κ3) is 3.48. The molecule has 1 unspecified atom stereocenters. The summed E-state index contributed by atoms with van der Waals surface area (Å²) in [5.41, 5.74) is 0.210. The molecule has 5 nitrogen and oxygen atoms in total. The summed E-state index contributed by atoms with van der Waals surface area (Å²) < 4.78 is 24.0. The first kappa shape index (κ1) is 13.0. The van der Waals surface area contributed by atoms with Crippen LogP contribution in [0.1, 0.15) is 11.6 Å². The van der Waals surface area contributed by atoms with Crippen LogP contribution in [0.5, 0.6) is 0 Å². The zero-order valence-electron chi connectivity index (χ0n) is 8.34. The van der Waals surface area contributed by atoms with E-state index in [0.717, 1.165) is 6.26 Å². The van der Waals surface area contributed by atoms with Crippen LogP contribution in [-0.4, -0.2) is 25.7 Å². The molecule has 2 N–H and O–H groups in total. The molecule has 88 valence electrons. The summed E-state index contributed by atoms with van der Waals surface area (Å²) in [4.78, 5) is 10.9. The number of carboxylic acids is 1. The van der Waals surface area contributed by atoms with Crippen LogP contribution in [0.15, 0.2) is 24.3 Å². The van der Waals surface area contributed by atoms with Crippen molar-refractivity contribution in [3.63, 3.8) is 0 Å². The van der Waals surface area contributed by atoms with Crippen molar-refractivity contribution in [3.05, 3.63) is 34.9 Å². The van der Waals surface area contributed by atoms with Crippen molar-refractivity contribution in [2.75, 3.05) is 6.26 Å². The number of carboxylic acid groups (broad SMARTS) is 1. The summed E-state index contributed by atoms with van der Waals surface area (Å²) in [5.74, 6) is -1.31. The molecule has 0 amide bonds. The van der Waals surface area contributed by atoms with Crippen molar-refractivity contribution in [2.24, 2.45) is 0 Å². The number of nitrogens with one attached hydrogen (secondary N) is 1. The highest BCUT2D eigenvalue weighted by molar-refractivity contribution is 7.88. The van der Waals surface area contributed by atoms with Crippen LogP contribution in [-0.2, 0) is 14.8 Å². The molecule has 7 heteroatoms. The Balaban J connectivity index is 3.14. The van der Waals surface area contributed by atoms with Crippen LogP contribution in [0.2, 0.25) is 5.02 Å². The van der Waals surface area contributed by atoms with Crippen molar-refractivity contribution in [2.45, 2.75) is 6.04 Å². The molecule has 1 atom stereocenters. The number of rotatable bonds is 4. The van der Waals surface area contributed by atoms with Crippen molar-refractivity contribution >= 4 is 27.6 Å². The molecule has 0 radical (unpaired) electrons. The van der Waals surface area contributed by atoms with Crippen molar-refractivity contribution in [1.82, 2.24) is 4.72 Å². The Morgan fingerprint density at radius 3 is 2.44 bits per heavy atom. The maximum atomic E-state index is 11.0. The van der Waals surface area contributed by atoms with Crippen molar-refractivity contribution in [1.29, 1.82) is 0 Å². The first-order valence-corrected chi connectivity index (χ1v) is 6.53. The monoisotopic (exact) mass is 263 g/mol. The van der Waals surface area contributed by atoms with E-state index in [9.17, 15) is 13.2 Å². The first-order chi connectivity index (χ1) is 7.31. The van der Waals surface area contributed by atoms with Gasteiger partial charge in [-0.1, -0.05) is 29.8 Å². The Morgan fingerprint density at radius 1 is 1.44 bits per heavy atom. The van der Waals surface area contributed by atoms with Crippen molar-refractivity contribution < 1.29 is 18.3 Å². The molecule has 0 saturated heterocycles. The van der Waals surface area contributed by atoms with Gasteiger partial charge in [0.1, 0.15) is 6.04 Å². The molecule has 16 heavy (non-hydrogen) atoms. The molecule has 0 spiro atoms. The van der Waals surface area contributed by atoms with E-state index >= 15 is 0 Å². The maximum absolute atomic E-state index is 11.0. The van der Waals surface area contributed by atoms with E-state index in [1.54, 1.807) is 12.1 Å². The quantitative estimate of drug-likeness (QED) is 0.849. The van der Waals surface area contributed by atoms with Gasteiger partial charge in [0.2, 0.25) is 10.0 Å². The molecular weight excluding hydrogens is 254 g/mol. The van der Waals surface area contributed by atoms with Crippen LogP contribution in [0.3, 0.4) is 0 Å². The summed E-state index contributed by atoms with van der Waals surface area (Å²) in [7, 11) is -3.62. The number of halogens is 1. The second-order valence-corrected chi connectivity index (χ2v) is 5.37. The third-order valence-corrected chi connectivity index (χ3v) is 2.80. The highest BCUT2D eigenvalue weighted by Crippen LogP contribution is 2.23. The van der Waals surface area contributed by atoms with Gasteiger partial charge in [0.25, 0.3) is 0 Å². The second-order valence-electron chi connectivity index (χ2n) is 3.18. The minimum absolute atomic E-state index is 0.200. The van der Waals surface area contributed by atoms with Gasteiger partial charge in [0, 0.05) is 5.02 Å². The van der Waals surface area contributed by atoms with Gasteiger partial charge in [0.15, 0.2) is 0 Å². The van der Waals surface area contributed by atoms with Gasteiger partial charge >= 0.3 is 5.97 Å². The number of hydrogen-bond donors (Lipinski definition) is 2. The SMILES string of the molecule is CS(=O)(=O)NC(C(=O)O)c1ccccc1Cl. The smallest absolute Gasteiger partial charge is 0.326 e. The summed E-state index contributed by atoms with van der Waals surface area (Å²) in [6.07, 6.45) is 0.889. The molecule has 0 heterocycles. The fraction of sp³-hybridized carbons (Fsp3) is 0.222. The van der Waals surface area contributed by atoms with Gasteiger partial charge < -0.3 is 5.11 Å². The van der Waals surface area contributed by atoms with E-state index in [1.165, 1.54) is 12.1 Å². The lowest BCUT2D eigenvalue weighted by atomic mass is 10.1. The second kappa shape index (κ2) is 4.82. The van der Waals surface area contributed by atoms with Gasteiger partial charge in [-0.2, -0.15) is 4.72 Å². The van der Waals surface area contributed by atoms with Gasteiger partial charge in [0.05, 0.1) is 6.26 Å². The predicted molar refractivity (Wildman–Crippen MR) is 59.8 cm³/mol. The Bertz CT molecular complexity index is 500. The van der Waals surface area contributed by atoms with Crippen LogP contribution in [0.25, 0.3) is 0 Å². The predicted octanol–water partition coefficient (Wildman–Crippen LogP) is 1.01. The molecule has 0 aliphatic carbocycles. The van der Waals surface area contributed by atoms with Gasteiger partial charge in [-0.05, 0) is 11.6 Å². The largest absolute Gasteiger partial charge is 0.480 e. The highest BCUT2D eigenvalue weighted by Gasteiger charge is 2.25. The van der Waals surface area contributed by atoms with Crippen molar-refractivity contribution in [3.8, 4) is 0 Å². The Hall–Kier alpha value is -1.11. The fourth-order valence-electron chi connectivity index (χ4n) is 1.17. The van der Waals surface area contributed by atoms with Gasteiger partial charge in [-0.15, -0.1) is 0 Å². The number of carbonyl (C=O) groups is 1. The van der Waals surface area contributed by atoms with E-state index in [4.69, 9.17) is 16.7 Å².